The van der Waals surface area contributed by atoms with E-state index in [2.05, 4.69) is 41.5 Å². The molecule has 1 aromatic heterocycles. The first-order chi connectivity index (χ1) is 11.7. The van der Waals surface area contributed by atoms with E-state index in [1.807, 2.05) is 29.6 Å². The molecular formula is C19H18N2OS2. The van der Waals surface area contributed by atoms with E-state index in [-0.39, 0.29) is 5.91 Å². The SMILES string of the molecule is Cc1cccc(CSCC(=O)Nc2ccc(-c3nccs3)cc2)c1. The lowest BCUT2D eigenvalue weighted by Crippen LogP contribution is -2.14. The topological polar surface area (TPSA) is 42.0 Å². The van der Waals surface area contributed by atoms with Gasteiger partial charge in [-0.2, -0.15) is 0 Å². The second-order valence-corrected chi connectivity index (χ2v) is 7.32. The molecular weight excluding hydrogens is 336 g/mol. The number of thiazole rings is 1. The Morgan fingerprint density at radius 3 is 2.75 bits per heavy atom. The van der Waals surface area contributed by atoms with E-state index in [1.54, 1.807) is 29.3 Å². The van der Waals surface area contributed by atoms with Crippen molar-refractivity contribution in [3.63, 3.8) is 0 Å². The van der Waals surface area contributed by atoms with Crippen molar-refractivity contribution in [3.05, 3.63) is 71.2 Å². The highest BCUT2D eigenvalue weighted by Crippen LogP contribution is 2.23. The smallest absolute Gasteiger partial charge is 0.234 e. The third kappa shape index (κ3) is 4.69. The molecule has 0 atom stereocenters. The van der Waals surface area contributed by atoms with Gasteiger partial charge in [0.25, 0.3) is 0 Å². The Morgan fingerprint density at radius 1 is 1.21 bits per heavy atom. The second kappa shape index (κ2) is 8.13. The number of aromatic nitrogens is 1. The van der Waals surface area contributed by atoms with E-state index in [0.29, 0.717) is 5.75 Å². The first-order valence-corrected chi connectivity index (χ1v) is 9.67. The second-order valence-electron chi connectivity index (χ2n) is 5.44. The highest BCUT2D eigenvalue weighted by Gasteiger charge is 2.05. The molecule has 5 heteroatoms. The van der Waals surface area contributed by atoms with Crippen LogP contribution in [0.3, 0.4) is 0 Å². The number of nitrogens with one attached hydrogen (secondary N) is 1. The summed E-state index contributed by atoms with van der Waals surface area (Å²) in [6, 6.07) is 16.2. The van der Waals surface area contributed by atoms with Crippen LogP contribution in [-0.4, -0.2) is 16.6 Å². The molecule has 0 aliphatic carbocycles. The zero-order chi connectivity index (χ0) is 16.8. The predicted molar refractivity (Wildman–Crippen MR) is 104 cm³/mol. The minimum atomic E-state index is 0.0228. The summed E-state index contributed by atoms with van der Waals surface area (Å²) in [6.07, 6.45) is 1.79. The molecule has 2 aromatic carbocycles. The zero-order valence-electron chi connectivity index (χ0n) is 13.4. The fourth-order valence-corrected chi connectivity index (χ4v) is 3.74. The van der Waals surface area contributed by atoms with Crippen LogP contribution in [0.4, 0.5) is 5.69 Å². The molecule has 0 saturated heterocycles. The van der Waals surface area contributed by atoms with E-state index in [4.69, 9.17) is 0 Å². The summed E-state index contributed by atoms with van der Waals surface area (Å²) in [5.74, 6) is 1.31. The fraction of sp³-hybridized carbons (Fsp3) is 0.158. The largest absolute Gasteiger partial charge is 0.325 e. The number of thioether (sulfide) groups is 1. The van der Waals surface area contributed by atoms with Crippen LogP contribution in [0, 0.1) is 6.92 Å². The van der Waals surface area contributed by atoms with Gasteiger partial charge in [0.15, 0.2) is 0 Å². The predicted octanol–water partition coefficient (Wildman–Crippen LogP) is 4.99. The van der Waals surface area contributed by atoms with Crippen LogP contribution in [-0.2, 0) is 10.5 Å². The summed E-state index contributed by atoms with van der Waals surface area (Å²) in [7, 11) is 0. The van der Waals surface area contributed by atoms with Crippen molar-refractivity contribution >= 4 is 34.7 Å². The molecule has 0 spiro atoms. The van der Waals surface area contributed by atoms with Crippen molar-refractivity contribution in [1.82, 2.24) is 4.98 Å². The zero-order valence-corrected chi connectivity index (χ0v) is 15.0. The van der Waals surface area contributed by atoms with Crippen molar-refractivity contribution in [3.8, 4) is 10.6 Å². The molecule has 24 heavy (non-hydrogen) atoms. The number of benzene rings is 2. The quantitative estimate of drug-likeness (QED) is 0.678. The highest BCUT2D eigenvalue weighted by atomic mass is 32.2. The Morgan fingerprint density at radius 2 is 2.04 bits per heavy atom. The summed E-state index contributed by atoms with van der Waals surface area (Å²) >= 11 is 3.23. The van der Waals surface area contributed by atoms with Crippen LogP contribution >= 0.6 is 23.1 Å². The van der Waals surface area contributed by atoms with E-state index in [1.165, 1.54) is 11.1 Å². The molecule has 0 radical (unpaired) electrons. The maximum Gasteiger partial charge on any atom is 0.234 e. The van der Waals surface area contributed by atoms with Gasteiger partial charge in [-0.1, -0.05) is 29.8 Å². The van der Waals surface area contributed by atoms with Gasteiger partial charge in [-0.25, -0.2) is 4.98 Å². The fourth-order valence-electron chi connectivity index (χ4n) is 2.32. The molecule has 3 rings (SSSR count). The molecule has 0 saturated carbocycles. The minimum absolute atomic E-state index is 0.0228. The van der Waals surface area contributed by atoms with Gasteiger partial charge >= 0.3 is 0 Å². The minimum Gasteiger partial charge on any atom is -0.325 e. The van der Waals surface area contributed by atoms with Gasteiger partial charge in [0.1, 0.15) is 5.01 Å². The standard InChI is InChI=1S/C19H18N2OS2/c1-14-3-2-4-15(11-14)12-23-13-18(22)21-17-7-5-16(6-8-17)19-20-9-10-24-19/h2-11H,12-13H2,1H3,(H,21,22). The van der Waals surface area contributed by atoms with Crippen molar-refractivity contribution in [1.29, 1.82) is 0 Å². The number of nitrogens with zero attached hydrogens (tertiary/aromatic N) is 1. The Hall–Kier alpha value is -2.11. The van der Waals surface area contributed by atoms with E-state index in [9.17, 15) is 4.79 Å². The molecule has 0 unspecified atom stereocenters. The van der Waals surface area contributed by atoms with Crippen LogP contribution in [0.5, 0.6) is 0 Å². The summed E-state index contributed by atoms with van der Waals surface area (Å²) < 4.78 is 0. The Kier molecular flexibility index (Phi) is 5.67. The average Bonchev–Trinajstić information content (AvgIpc) is 3.10. The normalized spacial score (nSPS) is 10.5. The Bertz CT molecular complexity index is 798. The number of rotatable bonds is 6. The maximum atomic E-state index is 12.0. The molecule has 3 aromatic rings. The number of hydrogen-bond donors (Lipinski definition) is 1. The third-order valence-corrected chi connectivity index (χ3v) is 5.26. The van der Waals surface area contributed by atoms with Crippen LogP contribution in [0.1, 0.15) is 11.1 Å². The lowest BCUT2D eigenvalue weighted by molar-refractivity contribution is -0.113. The number of carbonyl (C=O) groups excluding carboxylic acids is 1. The number of amides is 1. The average molecular weight is 354 g/mol. The highest BCUT2D eigenvalue weighted by molar-refractivity contribution is 7.99. The Labute approximate surface area is 150 Å². The Balaban J connectivity index is 1.48. The molecule has 1 heterocycles. The first kappa shape index (κ1) is 16.7. The summed E-state index contributed by atoms with van der Waals surface area (Å²) in [6.45, 7) is 2.08. The molecule has 0 aliphatic rings. The molecule has 0 fully saturated rings. The lowest BCUT2D eigenvalue weighted by Gasteiger charge is -2.06. The summed E-state index contributed by atoms with van der Waals surface area (Å²) in [5, 5.41) is 5.88. The van der Waals surface area contributed by atoms with Gasteiger partial charge in [0, 0.05) is 28.6 Å². The van der Waals surface area contributed by atoms with Gasteiger partial charge < -0.3 is 5.32 Å². The van der Waals surface area contributed by atoms with E-state index in [0.717, 1.165) is 22.0 Å². The number of anilines is 1. The number of hydrogen-bond acceptors (Lipinski definition) is 4. The monoisotopic (exact) mass is 354 g/mol. The molecule has 0 bridgehead atoms. The van der Waals surface area contributed by atoms with Crippen molar-refractivity contribution < 1.29 is 4.79 Å². The van der Waals surface area contributed by atoms with Crippen LogP contribution in [0.25, 0.3) is 10.6 Å². The summed E-state index contributed by atoms with van der Waals surface area (Å²) in [4.78, 5) is 16.3. The summed E-state index contributed by atoms with van der Waals surface area (Å²) in [5.41, 5.74) is 4.38. The van der Waals surface area contributed by atoms with Crippen molar-refractivity contribution in [2.75, 3.05) is 11.1 Å². The molecule has 3 nitrogen and oxygen atoms in total. The van der Waals surface area contributed by atoms with Gasteiger partial charge in [-0.3, -0.25) is 4.79 Å². The molecule has 122 valence electrons. The van der Waals surface area contributed by atoms with Gasteiger partial charge in [-0.15, -0.1) is 23.1 Å². The maximum absolute atomic E-state index is 12.0. The van der Waals surface area contributed by atoms with Gasteiger partial charge in [0.2, 0.25) is 5.91 Å². The van der Waals surface area contributed by atoms with Gasteiger partial charge in [-0.05, 0) is 36.8 Å². The van der Waals surface area contributed by atoms with E-state index < -0.39 is 0 Å². The molecule has 1 amide bonds. The molecule has 0 aliphatic heterocycles. The van der Waals surface area contributed by atoms with Gasteiger partial charge in [0.05, 0.1) is 5.75 Å². The third-order valence-electron chi connectivity index (χ3n) is 3.43. The molecule has 1 N–H and O–H groups in total. The number of carbonyl (C=O) groups is 1. The van der Waals surface area contributed by atoms with E-state index >= 15 is 0 Å². The number of aryl methyl sites for hydroxylation is 1. The first-order valence-electron chi connectivity index (χ1n) is 7.64. The lowest BCUT2D eigenvalue weighted by atomic mass is 10.2. The van der Waals surface area contributed by atoms with Crippen LogP contribution in [0.2, 0.25) is 0 Å². The van der Waals surface area contributed by atoms with Crippen LogP contribution in [0.15, 0.2) is 60.1 Å². The van der Waals surface area contributed by atoms with Crippen molar-refractivity contribution in [2.24, 2.45) is 0 Å². The van der Waals surface area contributed by atoms with Crippen LogP contribution < -0.4 is 5.32 Å². The van der Waals surface area contributed by atoms with Crippen molar-refractivity contribution in [2.45, 2.75) is 12.7 Å².